The van der Waals surface area contributed by atoms with Crippen LogP contribution < -0.4 is 4.80 Å². The van der Waals surface area contributed by atoms with Crippen molar-refractivity contribution < 1.29 is 13.9 Å². The first-order chi connectivity index (χ1) is 13.5. The third-order valence-electron chi connectivity index (χ3n) is 3.96. The molecule has 7 heteroatoms. The summed E-state index contributed by atoms with van der Waals surface area (Å²) in [6.07, 6.45) is 0. The van der Waals surface area contributed by atoms with Gasteiger partial charge in [0.25, 0.3) is 5.91 Å². The van der Waals surface area contributed by atoms with E-state index in [1.165, 1.54) is 23.5 Å². The van der Waals surface area contributed by atoms with Gasteiger partial charge in [-0.3, -0.25) is 4.79 Å². The Bertz CT molecular complexity index is 1040. The molecule has 1 amide bonds. The standard InChI is InChI=1S/C21H23FN2O2S2/c1-4-26-11-10-24-18-9-8-16(22)13-19(18)28-21(24)23-20(25)15-6-5-7-17(12-15)27-14(2)3/h5-9,12-14H,4,10-11H2,1-3H3. The summed E-state index contributed by atoms with van der Waals surface area (Å²) in [5.74, 6) is -0.606. The zero-order chi connectivity index (χ0) is 20.1. The molecule has 0 radical (unpaired) electrons. The molecule has 1 aromatic heterocycles. The van der Waals surface area contributed by atoms with E-state index in [2.05, 4.69) is 18.8 Å². The molecule has 0 saturated heterocycles. The van der Waals surface area contributed by atoms with E-state index in [1.54, 1.807) is 23.9 Å². The van der Waals surface area contributed by atoms with Gasteiger partial charge in [-0.2, -0.15) is 4.99 Å². The number of halogens is 1. The second kappa shape index (κ2) is 9.49. The maximum absolute atomic E-state index is 13.6. The molecule has 28 heavy (non-hydrogen) atoms. The Balaban J connectivity index is 2.00. The topological polar surface area (TPSA) is 43.6 Å². The summed E-state index contributed by atoms with van der Waals surface area (Å²) in [7, 11) is 0. The molecule has 0 N–H and O–H groups in total. The van der Waals surface area contributed by atoms with Crippen LogP contribution in [0.1, 0.15) is 31.1 Å². The van der Waals surface area contributed by atoms with Gasteiger partial charge in [0.1, 0.15) is 5.82 Å². The third-order valence-corrected chi connectivity index (χ3v) is 6.00. The average molecular weight is 419 g/mol. The van der Waals surface area contributed by atoms with Gasteiger partial charge in [-0.05, 0) is 43.3 Å². The molecule has 148 valence electrons. The van der Waals surface area contributed by atoms with Crippen LogP contribution in [-0.2, 0) is 11.3 Å². The number of aromatic nitrogens is 1. The van der Waals surface area contributed by atoms with Crippen LogP contribution in [-0.4, -0.2) is 28.9 Å². The van der Waals surface area contributed by atoms with Crippen LogP contribution >= 0.6 is 23.1 Å². The number of rotatable bonds is 7. The smallest absolute Gasteiger partial charge is 0.279 e. The number of amides is 1. The summed E-state index contributed by atoms with van der Waals surface area (Å²) in [5.41, 5.74) is 1.40. The van der Waals surface area contributed by atoms with E-state index in [4.69, 9.17) is 4.74 Å². The molecule has 0 aliphatic heterocycles. The van der Waals surface area contributed by atoms with E-state index in [0.29, 0.717) is 35.4 Å². The van der Waals surface area contributed by atoms with Crippen LogP contribution in [0, 0.1) is 5.82 Å². The van der Waals surface area contributed by atoms with Crippen molar-refractivity contribution in [2.45, 2.75) is 37.5 Å². The van der Waals surface area contributed by atoms with E-state index in [9.17, 15) is 9.18 Å². The minimum atomic E-state index is -0.304. The number of thioether (sulfide) groups is 1. The van der Waals surface area contributed by atoms with Crippen molar-refractivity contribution in [1.29, 1.82) is 0 Å². The van der Waals surface area contributed by atoms with Crippen LogP contribution in [0.15, 0.2) is 52.4 Å². The first-order valence-electron chi connectivity index (χ1n) is 9.20. The van der Waals surface area contributed by atoms with E-state index in [1.807, 2.05) is 29.7 Å². The maximum Gasteiger partial charge on any atom is 0.279 e. The fourth-order valence-electron chi connectivity index (χ4n) is 2.77. The molecule has 0 bridgehead atoms. The fraction of sp³-hybridized carbons (Fsp3) is 0.333. The van der Waals surface area contributed by atoms with Crippen LogP contribution in [0.4, 0.5) is 4.39 Å². The van der Waals surface area contributed by atoms with Gasteiger partial charge >= 0.3 is 0 Å². The first-order valence-corrected chi connectivity index (χ1v) is 10.9. The highest BCUT2D eigenvalue weighted by atomic mass is 32.2. The van der Waals surface area contributed by atoms with Crippen LogP contribution in [0.2, 0.25) is 0 Å². The fourth-order valence-corrected chi connectivity index (χ4v) is 4.75. The number of nitrogens with zero attached hydrogens (tertiary/aromatic N) is 2. The quantitative estimate of drug-likeness (QED) is 0.395. The third kappa shape index (κ3) is 5.10. The summed E-state index contributed by atoms with van der Waals surface area (Å²) < 4.78 is 21.8. The molecular formula is C21H23FN2O2S2. The monoisotopic (exact) mass is 418 g/mol. The van der Waals surface area contributed by atoms with Gasteiger partial charge in [0, 0.05) is 28.9 Å². The zero-order valence-electron chi connectivity index (χ0n) is 16.1. The first kappa shape index (κ1) is 20.8. The van der Waals surface area contributed by atoms with E-state index in [-0.39, 0.29) is 11.7 Å². The number of fused-ring (bicyclic) bond motifs is 1. The average Bonchev–Trinajstić information content (AvgIpc) is 2.98. The number of hydrogen-bond donors (Lipinski definition) is 0. The lowest BCUT2D eigenvalue weighted by Crippen LogP contribution is -2.19. The lowest BCUT2D eigenvalue weighted by molar-refractivity contribution is 0.0996. The van der Waals surface area contributed by atoms with E-state index >= 15 is 0 Å². The van der Waals surface area contributed by atoms with Gasteiger partial charge in [0.2, 0.25) is 0 Å². The molecule has 0 fully saturated rings. The summed E-state index contributed by atoms with van der Waals surface area (Å²) in [6, 6.07) is 12.1. The Morgan fingerprint density at radius 2 is 2.11 bits per heavy atom. The predicted molar refractivity (Wildman–Crippen MR) is 114 cm³/mol. The van der Waals surface area contributed by atoms with Gasteiger partial charge in [0.15, 0.2) is 4.80 Å². The lowest BCUT2D eigenvalue weighted by atomic mass is 10.2. The summed E-state index contributed by atoms with van der Waals surface area (Å²) in [4.78, 5) is 18.7. The van der Waals surface area contributed by atoms with Gasteiger partial charge in [-0.15, -0.1) is 11.8 Å². The largest absolute Gasteiger partial charge is 0.380 e. The van der Waals surface area contributed by atoms with Crippen LogP contribution in [0.3, 0.4) is 0 Å². The van der Waals surface area contributed by atoms with Crippen molar-refractivity contribution in [3.05, 3.63) is 58.6 Å². The molecule has 0 aliphatic rings. The molecule has 3 aromatic rings. The lowest BCUT2D eigenvalue weighted by Gasteiger charge is -2.06. The number of benzene rings is 2. The minimum Gasteiger partial charge on any atom is -0.380 e. The summed E-state index contributed by atoms with van der Waals surface area (Å²) in [5, 5.41) is 0.431. The highest BCUT2D eigenvalue weighted by Gasteiger charge is 2.11. The van der Waals surface area contributed by atoms with Crippen molar-refractivity contribution in [2.24, 2.45) is 4.99 Å². The Morgan fingerprint density at radius 3 is 2.86 bits per heavy atom. The van der Waals surface area contributed by atoms with Crippen molar-refractivity contribution in [2.75, 3.05) is 13.2 Å². The SMILES string of the molecule is CCOCCn1c(=NC(=O)c2cccc(SC(C)C)c2)sc2cc(F)ccc21. The van der Waals surface area contributed by atoms with Crippen molar-refractivity contribution in [3.63, 3.8) is 0 Å². The normalized spacial score (nSPS) is 12.2. The van der Waals surface area contributed by atoms with E-state index in [0.717, 1.165) is 15.1 Å². The molecule has 2 aromatic carbocycles. The summed E-state index contributed by atoms with van der Waals surface area (Å²) >= 11 is 3.01. The summed E-state index contributed by atoms with van der Waals surface area (Å²) in [6.45, 7) is 7.82. The Labute approximate surface area is 172 Å². The number of carbonyl (C=O) groups excluding carboxylic acids is 1. The highest BCUT2D eigenvalue weighted by Crippen LogP contribution is 2.24. The molecule has 0 saturated carbocycles. The maximum atomic E-state index is 13.6. The molecule has 0 atom stereocenters. The second-order valence-corrected chi connectivity index (χ2v) is 9.12. The predicted octanol–water partition coefficient (Wildman–Crippen LogP) is 5.12. The number of ether oxygens (including phenoxy) is 1. The van der Waals surface area contributed by atoms with Crippen molar-refractivity contribution in [3.8, 4) is 0 Å². The van der Waals surface area contributed by atoms with Gasteiger partial charge < -0.3 is 9.30 Å². The number of thiazole rings is 1. The highest BCUT2D eigenvalue weighted by molar-refractivity contribution is 7.99. The van der Waals surface area contributed by atoms with Crippen molar-refractivity contribution in [1.82, 2.24) is 4.57 Å². The van der Waals surface area contributed by atoms with Crippen molar-refractivity contribution >= 4 is 39.2 Å². The second-order valence-electron chi connectivity index (χ2n) is 6.46. The Kier molecular flexibility index (Phi) is 7.04. The Morgan fingerprint density at radius 1 is 1.29 bits per heavy atom. The molecule has 0 unspecified atom stereocenters. The van der Waals surface area contributed by atoms with Crippen LogP contribution in [0.5, 0.6) is 0 Å². The molecule has 4 nitrogen and oxygen atoms in total. The molecule has 3 rings (SSSR count). The van der Waals surface area contributed by atoms with Gasteiger partial charge in [-0.1, -0.05) is 31.3 Å². The Hall–Kier alpha value is -1.96. The van der Waals surface area contributed by atoms with Gasteiger partial charge in [-0.25, -0.2) is 4.39 Å². The molecule has 1 heterocycles. The number of hydrogen-bond acceptors (Lipinski definition) is 4. The molecule has 0 aliphatic carbocycles. The van der Waals surface area contributed by atoms with Crippen LogP contribution in [0.25, 0.3) is 10.2 Å². The zero-order valence-corrected chi connectivity index (χ0v) is 17.8. The minimum absolute atomic E-state index is 0.302. The molecule has 0 spiro atoms. The van der Waals surface area contributed by atoms with E-state index < -0.39 is 0 Å². The van der Waals surface area contributed by atoms with Gasteiger partial charge in [0.05, 0.1) is 16.8 Å². The number of carbonyl (C=O) groups is 1. The molecular weight excluding hydrogens is 395 g/mol.